The van der Waals surface area contributed by atoms with Crippen molar-refractivity contribution in [3.63, 3.8) is 0 Å². The highest BCUT2D eigenvalue weighted by Gasteiger charge is 2.38. The highest BCUT2D eigenvalue weighted by molar-refractivity contribution is 5.83. The summed E-state index contributed by atoms with van der Waals surface area (Å²) < 4.78 is 36.7. The highest BCUT2D eigenvalue weighted by Crippen LogP contribution is 2.13. The number of ether oxygens (including phenoxy) is 1. The van der Waals surface area contributed by atoms with Crippen LogP contribution in [-0.2, 0) is 20.9 Å². The van der Waals surface area contributed by atoms with Gasteiger partial charge in [0, 0.05) is 0 Å². The van der Waals surface area contributed by atoms with Gasteiger partial charge in [0.2, 0.25) is 0 Å². The summed E-state index contributed by atoms with van der Waals surface area (Å²) in [5.74, 6) is -2.89. The quantitative estimate of drug-likeness (QED) is 0.566. The van der Waals surface area contributed by atoms with E-state index in [9.17, 15) is 22.8 Å². The van der Waals surface area contributed by atoms with Gasteiger partial charge in [0.25, 0.3) is 5.91 Å². The molecule has 0 spiro atoms. The second kappa shape index (κ2) is 11.7. The second-order valence-electron chi connectivity index (χ2n) is 5.71. The topological polar surface area (TPSA) is 131 Å². The minimum Gasteiger partial charge on any atom is -0.475 e. The third-order valence-electron chi connectivity index (χ3n) is 2.81. The van der Waals surface area contributed by atoms with E-state index >= 15 is 0 Å². The van der Waals surface area contributed by atoms with Crippen molar-refractivity contribution in [3.05, 3.63) is 35.9 Å². The van der Waals surface area contributed by atoms with Crippen molar-refractivity contribution in [2.24, 2.45) is 11.7 Å². The molecular weight excluding hydrogens is 371 g/mol. The number of hydrogen-bond acceptors (Lipinski definition) is 5. The van der Waals surface area contributed by atoms with Crippen LogP contribution >= 0.6 is 0 Å². The van der Waals surface area contributed by atoms with E-state index in [1.807, 2.05) is 44.2 Å². The lowest BCUT2D eigenvalue weighted by atomic mass is 10.0. The summed E-state index contributed by atoms with van der Waals surface area (Å²) in [6.45, 7) is 4.07. The predicted octanol–water partition coefficient (Wildman–Crippen LogP) is 1.95. The van der Waals surface area contributed by atoms with Crippen LogP contribution < -0.4 is 16.6 Å². The monoisotopic (exact) mass is 393 g/mol. The molecule has 0 heterocycles. The van der Waals surface area contributed by atoms with Crippen molar-refractivity contribution < 1.29 is 37.4 Å². The maximum absolute atomic E-state index is 11.6. The lowest BCUT2D eigenvalue weighted by molar-refractivity contribution is -0.192. The molecule has 0 aliphatic rings. The molecule has 0 aromatic heterocycles. The zero-order chi connectivity index (χ0) is 21.0. The van der Waals surface area contributed by atoms with E-state index < -0.39 is 30.2 Å². The van der Waals surface area contributed by atoms with E-state index in [2.05, 4.69) is 10.9 Å². The van der Waals surface area contributed by atoms with Gasteiger partial charge in [0.1, 0.15) is 6.61 Å². The minimum atomic E-state index is -5.08. The number of aliphatic carboxylic acids is 1. The smallest absolute Gasteiger partial charge is 0.475 e. The van der Waals surface area contributed by atoms with Crippen LogP contribution in [0.2, 0.25) is 0 Å². The molecule has 1 aromatic rings. The molecule has 0 saturated carbocycles. The minimum absolute atomic E-state index is 0.139. The first-order valence-electron chi connectivity index (χ1n) is 7.75. The first-order chi connectivity index (χ1) is 12.4. The Kier molecular flexibility index (Phi) is 10.5. The van der Waals surface area contributed by atoms with Crippen LogP contribution in [0, 0.1) is 5.92 Å². The van der Waals surface area contributed by atoms with Gasteiger partial charge >= 0.3 is 18.2 Å². The number of hydrogen-bond donors (Lipinski definition) is 4. The Morgan fingerprint density at radius 3 is 2.11 bits per heavy atom. The number of carboxylic acid groups (broad SMARTS) is 1. The van der Waals surface area contributed by atoms with Crippen LogP contribution in [0.3, 0.4) is 0 Å². The summed E-state index contributed by atoms with van der Waals surface area (Å²) >= 11 is 0. The summed E-state index contributed by atoms with van der Waals surface area (Å²) in [6, 6.07) is 8.60. The van der Waals surface area contributed by atoms with Crippen molar-refractivity contribution in [2.75, 3.05) is 0 Å². The molecule has 0 aliphatic heterocycles. The number of benzene rings is 1. The Hall–Kier alpha value is -2.82. The third-order valence-corrected chi connectivity index (χ3v) is 2.81. The van der Waals surface area contributed by atoms with E-state index in [1.165, 1.54) is 0 Å². The fourth-order valence-electron chi connectivity index (χ4n) is 1.58. The number of alkyl halides is 3. The maximum Gasteiger partial charge on any atom is 0.490 e. The average molecular weight is 393 g/mol. The molecule has 5 N–H and O–H groups in total. The Morgan fingerprint density at radius 2 is 1.67 bits per heavy atom. The normalized spacial score (nSPS) is 11.7. The number of amides is 2. The van der Waals surface area contributed by atoms with E-state index in [0.29, 0.717) is 12.3 Å². The van der Waals surface area contributed by atoms with Gasteiger partial charge in [-0.1, -0.05) is 44.2 Å². The van der Waals surface area contributed by atoms with Crippen molar-refractivity contribution in [2.45, 2.75) is 39.1 Å². The Balaban J connectivity index is 0.000000821. The standard InChI is InChI=1S/C14H21N3O3.C2HF3O2/c1-10(2)8-12(15)13(18)16-17-14(19)20-9-11-6-4-3-5-7-11;3-2(4,5)1(6)7/h3-7,10,12H,8-9,15H2,1-2H3,(H,16,18)(H,17,19);(H,6,7). The molecule has 8 nitrogen and oxygen atoms in total. The average Bonchev–Trinajstić information content (AvgIpc) is 2.57. The third kappa shape index (κ3) is 12.2. The molecule has 0 saturated heterocycles. The molecule has 0 radical (unpaired) electrons. The molecule has 1 unspecified atom stereocenters. The van der Waals surface area contributed by atoms with Gasteiger partial charge in [-0.05, 0) is 17.9 Å². The first-order valence-corrected chi connectivity index (χ1v) is 7.75. The first kappa shape index (κ1) is 24.2. The number of halogens is 3. The van der Waals surface area contributed by atoms with Gasteiger partial charge in [0.15, 0.2) is 0 Å². The summed E-state index contributed by atoms with van der Waals surface area (Å²) in [4.78, 5) is 31.8. The summed E-state index contributed by atoms with van der Waals surface area (Å²) in [6.07, 6.45) is -5.26. The van der Waals surface area contributed by atoms with Gasteiger partial charge < -0.3 is 15.6 Å². The van der Waals surface area contributed by atoms with Crippen LogP contribution in [0.25, 0.3) is 0 Å². The van der Waals surface area contributed by atoms with E-state index in [4.69, 9.17) is 20.4 Å². The fourth-order valence-corrected chi connectivity index (χ4v) is 1.58. The maximum atomic E-state index is 11.6. The molecule has 11 heteroatoms. The molecule has 0 fully saturated rings. The number of nitrogens with two attached hydrogens (primary N) is 1. The lowest BCUT2D eigenvalue weighted by Crippen LogP contribution is -2.49. The van der Waals surface area contributed by atoms with Crippen LogP contribution in [0.1, 0.15) is 25.8 Å². The molecule has 0 bridgehead atoms. The predicted molar refractivity (Wildman–Crippen MR) is 89.0 cm³/mol. The molecule has 152 valence electrons. The Labute approximate surface area is 153 Å². The van der Waals surface area contributed by atoms with Crippen LogP contribution in [-0.4, -0.2) is 35.3 Å². The fraction of sp³-hybridized carbons (Fsp3) is 0.438. The summed E-state index contributed by atoms with van der Waals surface area (Å²) in [5.41, 5.74) is 10.9. The van der Waals surface area contributed by atoms with Crippen molar-refractivity contribution in [1.82, 2.24) is 10.9 Å². The van der Waals surface area contributed by atoms with E-state index in [-0.39, 0.29) is 6.61 Å². The molecule has 27 heavy (non-hydrogen) atoms. The van der Waals surface area contributed by atoms with Crippen LogP contribution in [0.5, 0.6) is 0 Å². The summed E-state index contributed by atoms with van der Waals surface area (Å²) in [5, 5.41) is 7.12. The highest BCUT2D eigenvalue weighted by atomic mass is 19.4. The molecule has 1 rings (SSSR count). The Morgan fingerprint density at radius 1 is 1.15 bits per heavy atom. The van der Waals surface area contributed by atoms with Gasteiger partial charge in [-0.25, -0.2) is 15.0 Å². The number of carbonyl (C=O) groups excluding carboxylic acids is 2. The summed E-state index contributed by atoms with van der Waals surface area (Å²) in [7, 11) is 0. The molecule has 1 aromatic carbocycles. The lowest BCUT2D eigenvalue weighted by Gasteiger charge is -2.14. The van der Waals surface area contributed by atoms with Gasteiger partial charge in [-0.15, -0.1) is 0 Å². The number of carboxylic acids is 1. The molecule has 2 amide bonds. The van der Waals surface area contributed by atoms with Crippen molar-refractivity contribution >= 4 is 18.0 Å². The van der Waals surface area contributed by atoms with E-state index in [1.54, 1.807) is 0 Å². The van der Waals surface area contributed by atoms with Gasteiger partial charge in [-0.2, -0.15) is 13.2 Å². The SMILES string of the molecule is CC(C)CC(N)C(=O)NNC(=O)OCc1ccccc1.O=C(O)C(F)(F)F. The zero-order valence-electron chi connectivity index (χ0n) is 14.7. The molecule has 0 aliphatic carbocycles. The largest absolute Gasteiger partial charge is 0.490 e. The number of nitrogens with one attached hydrogen (secondary N) is 2. The number of carbonyl (C=O) groups is 3. The number of hydrazine groups is 1. The van der Waals surface area contributed by atoms with E-state index in [0.717, 1.165) is 5.56 Å². The van der Waals surface area contributed by atoms with Gasteiger partial charge in [-0.3, -0.25) is 10.2 Å². The Bertz CT molecular complexity index is 609. The van der Waals surface area contributed by atoms with Crippen LogP contribution in [0.15, 0.2) is 30.3 Å². The van der Waals surface area contributed by atoms with Crippen molar-refractivity contribution in [1.29, 1.82) is 0 Å². The zero-order valence-corrected chi connectivity index (χ0v) is 14.7. The number of rotatable bonds is 5. The van der Waals surface area contributed by atoms with Gasteiger partial charge in [0.05, 0.1) is 6.04 Å². The van der Waals surface area contributed by atoms with Crippen molar-refractivity contribution in [3.8, 4) is 0 Å². The molecular formula is C16H22F3N3O5. The van der Waals surface area contributed by atoms with Crippen LogP contribution in [0.4, 0.5) is 18.0 Å². The molecule has 1 atom stereocenters. The second-order valence-corrected chi connectivity index (χ2v) is 5.71.